The van der Waals surface area contributed by atoms with Crippen molar-refractivity contribution in [2.45, 2.75) is 33.6 Å². The molecule has 0 aromatic rings. The number of allylic oxidation sites excluding steroid dienone is 3. The van der Waals surface area contributed by atoms with Crippen molar-refractivity contribution in [1.82, 2.24) is 0 Å². The zero-order valence-corrected chi connectivity index (χ0v) is 8.42. The van der Waals surface area contributed by atoms with E-state index in [1.54, 1.807) is 0 Å². The Morgan fingerprint density at radius 2 is 2.00 bits per heavy atom. The van der Waals surface area contributed by atoms with E-state index in [0.29, 0.717) is 12.0 Å². The van der Waals surface area contributed by atoms with Crippen LogP contribution < -0.4 is 0 Å². The normalized spacial score (nSPS) is 21.9. The molecule has 0 saturated heterocycles. The second-order valence-electron chi connectivity index (χ2n) is 4.43. The van der Waals surface area contributed by atoms with Gasteiger partial charge >= 0.3 is 0 Å². The summed E-state index contributed by atoms with van der Waals surface area (Å²) in [6, 6.07) is 0. The van der Waals surface area contributed by atoms with E-state index in [1.807, 2.05) is 6.08 Å². The van der Waals surface area contributed by atoms with Gasteiger partial charge in [0.2, 0.25) is 0 Å². The summed E-state index contributed by atoms with van der Waals surface area (Å²) < 4.78 is 0. The van der Waals surface area contributed by atoms with Gasteiger partial charge in [0.25, 0.3) is 0 Å². The SMILES string of the molecule is CC(C)(C)C1=CC(=CO)C(=O)CC1. The fraction of sp³-hybridized carbons (Fsp3) is 0.545. The van der Waals surface area contributed by atoms with Crippen LogP contribution in [-0.4, -0.2) is 10.9 Å². The molecule has 0 radical (unpaired) electrons. The largest absolute Gasteiger partial charge is 0.515 e. The molecule has 0 amide bonds. The minimum absolute atomic E-state index is 0.0375. The Balaban J connectivity index is 2.98. The molecule has 1 N–H and O–H groups in total. The van der Waals surface area contributed by atoms with Crippen LogP contribution in [0.25, 0.3) is 0 Å². The van der Waals surface area contributed by atoms with Crippen molar-refractivity contribution in [1.29, 1.82) is 0 Å². The molecule has 0 aromatic heterocycles. The van der Waals surface area contributed by atoms with Crippen LogP contribution in [0.4, 0.5) is 0 Å². The minimum atomic E-state index is 0.0375. The number of Topliss-reactive ketones (excluding diaryl/α,β-unsaturated/α-hetero) is 1. The van der Waals surface area contributed by atoms with Crippen molar-refractivity contribution < 1.29 is 9.90 Å². The fourth-order valence-corrected chi connectivity index (χ4v) is 1.43. The van der Waals surface area contributed by atoms with Crippen LogP contribution in [0.1, 0.15) is 33.6 Å². The summed E-state index contributed by atoms with van der Waals surface area (Å²) in [5, 5.41) is 8.82. The van der Waals surface area contributed by atoms with Crippen LogP contribution in [0.5, 0.6) is 0 Å². The molecule has 2 heteroatoms. The molecule has 0 atom stereocenters. The molecule has 2 nitrogen and oxygen atoms in total. The number of rotatable bonds is 0. The molecule has 0 fully saturated rings. The Kier molecular flexibility index (Phi) is 2.60. The standard InChI is InChI=1S/C11H16O2/c1-11(2,3)9-4-5-10(13)8(6-9)7-12/h6-7,12H,4-5H2,1-3H3. The van der Waals surface area contributed by atoms with E-state index < -0.39 is 0 Å². The first-order valence-electron chi connectivity index (χ1n) is 4.54. The van der Waals surface area contributed by atoms with Gasteiger partial charge in [-0.15, -0.1) is 0 Å². The van der Waals surface area contributed by atoms with E-state index in [1.165, 1.54) is 5.57 Å². The minimum Gasteiger partial charge on any atom is -0.515 e. The third kappa shape index (κ3) is 2.20. The van der Waals surface area contributed by atoms with Crippen LogP contribution in [0.2, 0.25) is 0 Å². The van der Waals surface area contributed by atoms with Crippen molar-refractivity contribution in [3.8, 4) is 0 Å². The van der Waals surface area contributed by atoms with Crippen LogP contribution in [-0.2, 0) is 4.79 Å². The topological polar surface area (TPSA) is 37.3 Å². The van der Waals surface area contributed by atoms with Crippen molar-refractivity contribution in [3.63, 3.8) is 0 Å². The Morgan fingerprint density at radius 3 is 2.46 bits per heavy atom. The van der Waals surface area contributed by atoms with Crippen molar-refractivity contribution in [2.75, 3.05) is 0 Å². The van der Waals surface area contributed by atoms with Gasteiger partial charge in [0.1, 0.15) is 0 Å². The highest BCUT2D eigenvalue weighted by Gasteiger charge is 2.23. The second-order valence-corrected chi connectivity index (χ2v) is 4.43. The van der Waals surface area contributed by atoms with Crippen LogP contribution in [0.15, 0.2) is 23.5 Å². The highest BCUT2D eigenvalue weighted by molar-refractivity contribution is 5.99. The molecule has 0 aliphatic heterocycles. The highest BCUT2D eigenvalue weighted by atomic mass is 16.2. The zero-order valence-electron chi connectivity index (χ0n) is 8.42. The first-order chi connectivity index (χ1) is 5.95. The van der Waals surface area contributed by atoms with Gasteiger partial charge in [-0.25, -0.2) is 0 Å². The van der Waals surface area contributed by atoms with Gasteiger partial charge in [0, 0.05) is 6.42 Å². The van der Waals surface area contributed by atoms with E-state index in [-0.39, 0.29) is 11.2 Å². The van der Waals surface area contributed by atoms with E-state index in [0.717, 1.165) is 12.7 Å². The number of hydrogen-bond donors (Lipinski definition) is 1. The van der Waals surface area contributed by atoms with Crippen molar-refractivity contribution in [2.24, 2.45) is 5.41 Å². The summed E-state index contributed by atoms with van der Waals surface area (Å²) in [6.07, 6.45) is 4.06. The molecule has 0 bridgehead atoms. The molecule has 1 aliphatic carbocycles. The number of carbonyl (C=O) groups is 1. The predicted molar refractivity (Wildman–Crippen MR) is 52.5 cm³/mol. The predicted octanol–water partition coefficient (Wildman–Crippen LogP) is 2.76. The molecule has 0 unspecified atom stereocenters. The van der Waals surface area contributed by atoms with Gasteiger partial charge in [0.05, 0.1) is 11.8 Å². The summed E-state index contributed by atoms with van der Waals surface area (Å²) in [5.74, 6) is 0.0375. The maximum absolute atomic E-state index is 11.2. The molecule has 0 spiro atoms. The van der Waals surface area contributed by atoms with Crippen LogP contribution in [0.3, 0.4) is 0 Å². The number of aliphatic hydroxyl groups is 1. The first-order valence-corrected chi connectivity index (χ1v) is 4.54. The Hall–Kier alpha value is -1.05. The van der Waals surface area contributed by atoms with E-state index in [4.69, 9.17) is 5.11 Å². The summed E-state index contributed by atoms with van der Waals surface area (Å²) in [6.45, 7) is 6.34. The summed E-state index contributed by atoms with van der Waals surface area (Å²) in [5.41, 5.74) is 1.76. The van der Waals surface area contributed by atoms with E-state index in [9.17, 15) is 4.79 Å². The average Bonchev–Trinajstić information content (AvgIpc) is 2.03. The highest BCUT2D eigenvalue weighted by Crippen LogP contribution is 2.33. The lowest BCUT2D eigenvalue weighted by atomic mass is 9.79. The van der Waals surface area contributed by atoms with Crippen molar-refractivity contribution >= 4 is 5.78 Å². The lowest BCUT2D eigenvalue weighted by molar-refractivity contribution is -0.115. The first kappa shape index (κ1) is 10.0. The van der Waals surface area contributed by atoms with Crippen molar-refractivity contribution in [3.05, 3.63) is 23.5 Å². The molecular formula is C11H16O2. The third-order valence-corrected chi connectivity index (χ3v) is 2.38. The fourth-order valence-electron chi connectivity index (χ4n) is 1.43. The van der Waals surface area contributed by atoms with Gasteiger partial charge in [-0.05, 0) is 17.9 Å². The lowest BCUT2D eigenvalue weighted by Crippen LogP contribution is -2.16. The molecule has 1 rings (SSSR count). The maximum Gasteiger partial charge on any atom is 0.166 e. The summed E-state index contributed by atoms with van der Waals surface area (Å²) >= 11 is 0. The number of aliphatic hydroxyl groups excluding tert-OH is 1. The van der Waals surface area contributed by atoms with Gasteiger partial charge in [-0.2, -0.15) is 0 Å². The Labute approximate surface area is 79.0 Å². The zero-order chi connectivity index (χ0) is 10.1. The van der Waals surface area contributed by atoms with Gasteiger partial charge in [0.15, 0.2) is 5.78 Å². The molecule has 0 aromatic carbocycles. The van der Waals surface area contributed by atoms with Crippen LogP contribution >= 0.6 is 0 Å². The summed E-state index contributed by atoms with van der Waals surface area (Å²) in [7, 11) is 0. The second kappa shape index (κ2) is 3.36. The molecule has 0 saturated carbocycles. The molecular weight excluding hydrogens is 164 g/mol. The Bertz CT molecular complexity index is 277. The average molecular weight is 180 g/mol. The number of hydrogen-bond acceptors (Lipinski definition) is 2. The molecule has 72 valence electrons. The summed E-state index contributed by atoms with van der Waals surface area (Å²) in [4.78, 5) is 11.2. The van der Waals surface area contributed by atoms with Gasteiger partial charge < -0.3 is 5.11 Å². The van der Waals surface area contributed by atoms with Gasteiger partial charge in [-0.1, -0.05) is 26.3 Å². The molecule has 1 aliphatic rings. The quantitative estimate of drug-likeness (QED) is 0.459. The lowest BCUT2D eigenvalue weighted by Gasteiger charge is -2.26. The molecule has 0 heterocycles. The smallest absolute Gasteiger partial charge is 0.166 e. The van der Waals surface area contributed by atoms with Crippen LogP contribution in [0, 0.1) is 5.41 Å². The Morgan fingerprint density at radius 1 is 1.38 bits per heavy atom. The monoisotopic (exact) mass is 180 g/mol. The third-order valence-electron chi connectivity index (χ3n) is 2.38. The number of carbonyl (C=O) groups excluding carboxylic acids is 1. The molecule has 13 heavy (non-hydrogen) atoms. The van der Waals surface area contributed by atoms with E-state index in [2.05, 4.69) is 20.8 Å². The maximum atomic E-state index is 11.2. The number of ketones is 1. The van der Waals surface area contributed by atoms with Gasteiger partial charge in [-0.3, -0.25) is 4.79 Å². The van der Waals surface area contributed by atoms with E-state index >= 15 is 0 Å².